The number of imidazole rings is 2. The van der Waals surface area contributed by atoms with Crippen LogP contribution < -0.4 is 71.4 Å². The molecular formula is C48H52BF2I2N20O12PS4. The monoisotopic (exact) mass is 1560 g/mol. The van der Waals surface area contributed by atoms with Crippen molar-refractivity contribution in [2.45, 2.75) is 62.9 Å². The molecule has 6 aromatic heterocycles. The number of aromatic nitrogens is 10. The van der Waals surface area contributed by atoms with Gasteiger partial charge in [-0.1, -0.05) is 46.7 Å². The van der Waals surface area contributed by atoms with Gasteiger partial charge in [0.25, 0.3) is 37.4 Å². The van der Waals surface area contributed by atoms with Crippen LogP contribution in [0.15, 0.2) is 82.2 Å². The van der Waals surface area contributed by atoms with E-state index in [9.17, 15) is 52.2 Å². The molecule has 2 radical (unpaired) electrons. The maximum Gasteiger partial charge on any atom is 0.356 e. The van der Waals surface area contributed by atoms with Gasteiger partial charge < -0.3 is 81.2 Å². The smallest absolute Gasteiger partial charge is 0.356 e. The molecule has 5 unspecified atom stereocenters. The van der Waals surface area contributed by atoms with Gasteiger partial charge in [0, 0.05) is 59.6 Å². The number of primary amides is 2. The average Bonchev–Trinajstić information content (AvgIpc) is 1.000. The molecule has 6 amide bonds. The van der Waals surface area contributed by atoms with E-state index >= 15 is 0 Å². The molecule has 9 N–H and O–H groups in total. The molecule has 4 aliphatic rings. The Morgan fingerprint density at radius 1 is 0.822 bits per heavy atom. The summed E-state index contributed by atoms with van der Waals surface area (Å²) in [6.45, 7) is 4.35. The number of nitrogens with zero attached hydrogens (tertiary/aromatic N) is 14. The second kappa shape index (κ2) is 31.6. The highest BCUT2D eigenvalue weighted by Crippen LogP contribution is 2.43. The number of nitrogens with two attached hydrogens (primary N) is 3. The lowest BCUT2D eigenvalue weighted by Gasteiger charge is -2.50. The molecule has 90 heavy (non-hydrogen) atoms. The van der Waals surface area contributed by atoms with Gasteiger partial charge in [0.1, 0.15) is 59.2 Å². The summed E-state index contributed by atoms with van der Waals surface area (Å²) in [5.74, 6) is -5.18. The number of fused-ring (bicyclic) bond motifs is 4. The van der Waals surface area contributed by atoms with Gasteiger partial charge in [0.15, 0.2) is 12.7 Å². The minimum atomic E-state index is -1.56. The van der Waals surface area contributed by atoms with E-state index in [0.717, 1.165) is 51.2 Å². The molecule has 5 atom stereocenters. The van der Waals surface area contributed by atoms with Crippen LogP contribution in [-0.4, -0.2) is 180 Å². The number of carboxylic acids is 1. The number of oxime groups is 2. The minimum absolute atomic E-state index is 0. The lowest BCUT2D eigenvalue weighted by molar-refractivity contribution is -0.678. The van der Waals surface area contributed by atoms with Crippen LogP contribution in [0.3, 0.4) is 0 Å². The lowest BCUT2D eigenvalue weighted by Crippen LogP contribution is -3.00. The molecule has 0 aliphatic carbocycles. The third kappa shape index (κ3) is 16.0. The van der Waals surface area contributed by atoms with Crippen LogP contribution >= 0.6 is 77.2 Å². The summed E-state index contributed by atoms with van der Waals surface area (Å²) >= 11 is 6.46. The zero-order valence-electron chi connectivity index (χ0n) is 47.4. The van der Waals surface area contributed by atoms with Crippen molar-refractivity contribution in [1.29, 1.82) is 0 Å². The van der Waals surface area contributed by atoms with E-state index in [1.807, 2.05) is 18.3 Å². The van der Waals surface area contributed by atoms with Crippen molar-refractivity contribution in [3.8, 4) is 0 Å². The van der Waals surface area contributed by atoms with E-state index in [2.05, 4.69) is 106 Å². The molecule has 6 aromatic rings. The first-order valence-corrected chi connectivity index (χ1v) is 32.8. The van der Waals surface area contributed by atoms with Crippen LogP contribution in [-0.2, 0) is 78.7 Å². The highest BCUT2D eigenvalue weighted by Gasteiger charge is 2.55. The third-order valence-electron chi connectivity index (χ3n) is 12.7. The Hall–Kier alpha value is -7.35. The number of carboxylic acid groups (broad SMARTS) is 1. The van der Waals surface area contributed by atoms with Crippen molar-refractivity contribution in [3.05, 3.63) is 83.5 Å². The van der Waals surface area contributed by atoms with E-state index in [1.54, 1.807) is 52.1 Å². The number of alkyl halides is 3. The number of pyridine rings is 2. The highest BCUT2D eigenvalue weighted by molar-refractivity contribution is 14.1. The second-order valence-corrected chi connectivity index (χ2v) is 25.0. The van der Waals surface area contributed by atoms with Crippen molar-refractivity contribution in [2.75, 3.05) is 54.4 Å². The first-order chi connectivity index (χ1) is 42.6. The molecule has 10 heterocycles. The Balaban J connectivity index is 0.000000206. The number of rotatable bonds is 23. The topological polar surface area (TPSA) is 428 Å². The number of thioether (sulfide) groups is 2. The standard InChI is InChI=1S/C21H19FN10O6S2.C15H16BFIN6O5PS2.C12H16N4O.HI/c22-7-38-28-12(15-27-21(24)40-29-15)17(34)26-13-18(35)32-14(20(36)37)9(6-39-19(13)32)4-30-3-1-2-10-16(30)25-8-31(10)5-11(23)33;1-19-15-21-10(23-32-15)7(22-28-5-17)11(25)20-8-12(26)24-9(14(27)29-30(2)16)6(3-18)4-31-13(8)24;1-9(2)6-15-5-3-4-10-12(15)14-8-16(10)7-11(13)17;/h1-3,8,13,19H,4-7H2,(H5-,23,24,26,27,29,33,34,36,37);8,13H,3-5H2,1-2H3,(H,20,25)(H,19,21,23);3-5,8-9H,6-7H2,1-2H3,(H-,13,17);1H/b28-12-;22-7-;;. The summed E-state index contributed by atoms with van der Waals surface area (Å²) in [6, 6.07) is 5.28. The van der Waals surface area contributed by atoms with Gasteiger partial charge >= 0.3 is 17.3 Å². The summed E-state index contributed by atoms with van der Waals surface area (Å²) in [5, 5.41) is 25.9. The Bertz CT molecular complexity index is 3870. The van der Waals surface area contributed by atoms with Crippen LogP contribution in [0, 0.1) is 5.92 Å². The second-order valence-electron chi connectivity index (χ2n) is 19.2. The summed E-state index contributed by atoms with van der Waals surface area (Å²) in [4.78, 5) is 126. The molecule has 0 aromatic carbocycles. The van der Waals surface area contributed by atoms with Gasteiger partial charge in [-0.2, -0.15) is 18.7 Å². The Morgan fingerprint density at radius 2 is 1.32 bits per heavy atom. The van der Waals surface area contributed by atoms with Crippen molar-refractivity contribution < 1.29 is 99.6 Å². The van der Waals surface area contributed by atoms with Crippen LogP contribution in [0.2, 0.25) is 0 Å². The van der Waals surface area contributed by atoms with Crippen LogP contribution in [0.4, 0.5) is 19.0 Å². The summed E-state index contributed by atoms with van der Waals surface area (Å²) in [6.07, 6.45) is 6.79. The van der Waals surface area contributed by atoms with E-state index < -0.39 is 91.8 Å². The number of carbonyl (C=O) groups is 8. The van der Waals surface area contributed by atoms with Gasteiger partial charge in [-0.05, 0) is 52.4 Å². The Labute approximate surface area is 558 Å². The predicted octanol–water partition coefficient (Wildman–Crippen LogP) is -4.57. The molecule has 2 fully saturated rings. The molecular weight excluding hydrogens is 1510 g/mol. The zero-order chi connectivity index (χ0) is 64.4. The molecule has 32 nitrogen and oxygen atoms in total. The summed E-state index contributed by atoms with van der Waals surface area (Å²) < 4.78 is 45.6. The zero-order valence-corrected chi connectivity index (χ0v) is 55.9. The van der Waals surface area contributed by atoms with Gasteiger partial charge in [-0.3, -0.25) is 47.7 Å². The van der Waals surface area contributed by atoms with Crippen molar-refractivity contribution in [3.63, 3.8) is 0 Å². The van der Waals surface area contributed by atoms with Gasteiger partial charge in [0.2, 0.25) is 52.7 Å². The largest absolute Gasteiger partial charge is 1.00 e. The lowest BCUT2D eigenvalue weighted by atomic mass is 10.0. The van der Waals surface area contributed by atoms with Crippen LogP contribution in [0.1, 0.15) is 25.5 Å². The normalized spacial score (nSPS) is 18.1. The van der Waals surface area contributed by atoms with Crippen LogP contribution in [0.25, 0.3) is 22.3 Å². The number of carbonyl (C=O) groups excluding carboxylic acids is 8. The van der Waals surface area contributed by atoms with E-state index in [-0.39, 0.29) is 89.2 Å². The number of hydrogen-bond acceptors (Lipinski definition) is 26. The third-order valence-corrected chi connectivity index (χ3v) is 18.0. The van der Waals surface area contributed by atoms with Gasteiger partial charge in [-0.25, -0.2) is 22.7 Å². The number of nitrogens with one attached hydrogen (secondary N) is 3. The maximum absolute atomic E-state index is 13.1. The number of β-lactam (4-membered cyclic amide) rings is 2. The predicted molar refractivity (Wildman–Crippen MR) is 327 cm³/mol. The molecule has 0 spiro atoms. The number of halogens is 4. The fourth-order valence-corrected chi connectivity index (χ4v) is 14.1. The van der Waals surface area contributed by atoms with Crippen molar-refractivity contribution >= 4 is 176 Å². The van der Waals surface area contributed by atoms with Crippen LogP contribution in [0.5, 0.6) is 0 Å². The Kier molecular flexibility index (Phi) is 24.6. The highest BCUT2D eigenvalue weighted by atomic mass is 127. The molecule has 4 aliphatic heterocycles. The Morgan fingerprint density at radius 3 is 1.78 bits per heavy atom. The number of nitrogen functional groups attached to an aromatic ring is 1. The van der Waals surface area contributed by atoms with Gasteiger partial charge in [-0.15, -0.1) is 23.5 Å². The number of anilines is 2. The van der Waals surface area contributed by atoms with Crippen molar-refractivity contribution in [2.24, 2.45) is 27.7 Å². The first kappa shape index (κ1) is 70.1. The molecule has 0 bridgehead atoms. The average molecular weight is 1560 g/mol. The molecule has 0 saturated carbocycles. The van der Waals surface area contributed by atoms with E-state index in [4.69, 9.17) is 29.3 Å². The fraction of sp³-hybridized carbons (Fsp3) is 0.375. The quantitative estimate of drug-likeness (QED) is 0.00514. The molecule has 476 valence electrons. The van der Waals surface area contributed by atoms with E-state index in [1.165, 1.54) is 34.8 Å². The molecule has 10 rings (SSSR count). The number of hydrogen-bond donors (Lipinski definition) is 6. The molecule has 2 saturated heterocycles. The van der Waals surface area contributed by atoms with Crippen molar-refractivity contribution in [1.82, 2.24) is 58.3 Å². The summed E-state index contributed by atoms with van der Waals surface area (Å²) in [7, 11) is 5.78. The summed E-state index contributed by atoms with van der Waals surface area (Å²) in [5.41, 5.74) is 19.0. The molecule has 42 heteroatoms. The number of aliphatic carboxylic acids is 1. The maximum atomic E-state index is 13.1. The fourth-order valence-electron chi connectivity index (χ4n) is 9.08. The van der Waals surface area contributed by atoms with Gasteiger partial charge in [0.05, 0.1) is 30.6 Å². The number of amides is 6. The first-order valence-electron chi connectivity index (χ1n) is 25.9. The SMILES string of the molecule is CC(C)C[n+]1cccc2c1ncn2CC(N)=O.NC(=O)Cn1cnc2c1ccc[n+]2CC1=C(C(=O)[O-])N2C(=O)C(NC(=O)/C(=N\OCF)c3nsc(N)n3)C2SC1.[B]P(C)OC(=O)C1=C(CI)CSC2C(NC(=O)/C(=N\OCF)c3nsc(NC)n3)C(=O)N12.[I-]. The minimum Gasteiger partial charge on any atom is -1.00 e. The van der Waals surface area contributed by atoms with E-state index in [0.29, 0.717) is 38.0 Å².